The summed E-state index contributed by atoms with van der Waals surface area (Å²) in [7, 11) is 1.66. The van der Waals surface area contributed by atoms with Gasteiger partial charge in [-0.2, -0.15) is 9.90 Å². The largest absolute Gasteiger partial charge is 0.495 e. The van der Waals surface area contributed by atoms with Gasteiger partial charge in [-0.3, -0.25) is 9.59 Å². The maximum absolute atomic E-state index is 12.8. The number of rotatable bonds is 4. The van der Waals surface area contributed by atoms with E-state index in [0.717, 1.165) is 11.1 Å². The lowest BCUT2D eigenvalue weighted by atomic mass is 9.74. The van der Waals surface area contributed by atoms with Crippen LogP contribution >= 0.6 is 0 Å². The van der Waals surface area contributed by atoms with Gasteiger partial charge in [-0.15, -0.1) is 5.10 Å². The van der Waals surface area contributed by atoms with E-state index in [0.29, 0.717) is 30.2 Å². The Morgan fingerprint density at radius 3 is 2.71 bits per heavy atom. The second kappa shape index (κ2) is 6.63. The molecule has 0 bridgehead atoms. The number of ether oxygens (including phenoxy) is 1. The summed E-state index contributed by atoms with van der Waals surface area (Å²) < 4.78 is 5.93. The van der Waals surface area contributed by atoms with Crippen LogP contribution in [0.25, 0.3) is 0 Å². The topological polar surface area (TPSA) is 112 Å². The molecule has 2 atom stereocenters. The molecule has 3 N–H and O–H groups in total. The molecule has 1 aromatic heterocycles. The summed E-state index contributed by atoms with van der Waals surface area (Å²) in [5.41, 5.74) is 6.98. The first-order valence-corrected chi connectivity index (χ1v) is 8.99. The van der Waals surface area contributed by atoms with E-state index in [1.54, 1.807) is 20.0 Å². The van der Waals surface area contributed by atoms with Crippen molar-refractivity contribution in [3.8, 4) is 0 Å². The first-order valence-electron chi connectivity index (χ1n) is 8.99. The van der Waals surface area contributed by atoms with Crippen LogP contribution in [0.15, 0.2) is 59.5 Å². The van der Waals surface area contributed by atoms with E-state index in [1.807, 2.05) is 30.3 Å². The standard InChI is InChI=1S/C20H21N5O3/c1-20(19(21)27)9-13(18(26)23-16-10-22-25(2)24-16)8-14-15(11-28-17(14)20)12-6-4-3-5-7-12/h3-7,9-10,15H,8,11H2,1-2H3,(H2,21,27)(H,23,24,26). The van der Waals surface area contributed by atoms with Gasteiger partial charge in [-0.1, -0.05) is 36.4 Å². The van der Waals surface area contributed by atoms with E-state index in [4.69, 9.17) is 10.5 Å². The van der Waals surface area contributed by atoms with Gasteiger partial charge in [0, 0.05) is 25.0 Å². The lowest BCUT2D eigenvalue weighted by molar-refractivity contribution is -0.124. The van der Waals surface area contributed by atoms with Crippen molar-refractivity contribution in [1.29, 1.82) is 0 Å². The molecule has 28 heavy (non-hydrogen) atoms. The summed E-state index contributed by atoms with van der Waals surface area (Å²) in [5, 5.41) is 10.7. The smallest absolute Gasteiger partial charge is 0.252 e. The van der Waals surface area contributed by atoms with Crippen LogP contribution in [0, 0.1) is 5.41 Å². The van der Waals surface area contributed by atoms with Crippen LogP contribution in [0.3, 0.4) is 0 Å². The molecule has 0 saturated carbocycles. The molecule has 0 radical (unpaired) electrons. The van der Waals surface area contributed by atoms with Crippen LogP contribution < -0.4 is 11.1 Å². The minimum Gasteiger partial charge on any atom is -0.495 e. The summed E-state index contributed by atoms with van der Waals surface area (Å²) in [6.45, 7) is 2.11. The van der Waals surface area contributed by atoms with Crippen molar-refractivity contribution in [2.24, 2.45) is 18.2 Å². The zero-order valence-electron chi connectivity index (χ0n) is 15.7. The lowest BCUT2D eigenvalue weighted by Crippen LogP contribution is -2.38. The Labute approximate surface area is 162 Å². The highest BCUT2D eigenvalue weighted by atomic mass is 16.5. The van der Waals surface area contributed by atoms with Crippen LogP contribution in [0.2, 0.25) is 0 Å². The van der Waals surface area contributed by atoms with E-state index in [2.05, 4.69) is 15.5 Å². The van der Waals surface area contributed by atoms with Gasteiger partial charge >= 0.3 is 0 Å². The molecule has 2 heterocycles. The molecule has 0 saturated heterocycles. The second-order valence-electron chi connectivity index (χ2n) is 7.21. The number of carbonyl (C=O) groups excluding carboxylic acids is 2. The first-order chi connectivity index (χ1) is 13.4. The van der Waals surface area contributed by atoms with Gasteiger partial charge in [-0.25, -0.2) is 0 Å². The minimum absolute atomic E-state index is 0.0251. The van der Waals surface area contributed by atoms with E-state index in [1.165, 1.54) is 11.0 Å². The molecule has 1 aromatic carbocycles. The monoisotopic (exact) mass is 379 g/mol. The molecule has 2 amide bonds. The van der Waals surface area contributed by atoms with E-state index in [-0.39, 0.29) is 11.8 Å². The molecule has 8 heteroatoms. The van der Waals surface area contributed by atoms with E-state index < -0.39 is 11.3 Å². The van der Waals surface area contributed by atoms with Gasteiger partial charge in [0.15, 0.2) is 5.82 Å². The fraction of sp³-hybridized carbons (Fsp3) is 0.300. The number of primary amides is 1. The predicted molar refractivity (Wildman–Crippen MR) is 102 cm³/mol. The number of amides is 2. The summed E-state index contributed by atoms with van der Waals surface area (Å²) in [6, 6.07) is 9.90. The lowest BCUT2D eigenvalue weighted by Gasteiger charge is -2.30. The van der Waals surface area contributed by atoms with Crippen molar-refractivity contribution in [1.82, 2.24) is 15.0 Å². The molecule has 1 aliphatic carbocycles. The van der Waals surface area contributed by atoms with E-state index in [9.17, 15) is 9.59 Å². The first kappa shape index (κ1) is 18.0. The van der Waals surface area contributed by atoms with Crippen molar-refractivity contribution in [3.63, 3.8) is 0 Å². The van der Waals surface area contributed by atoms with Crippen LogP contribution in [-0.2, 0) is 21.4 Å². The van der Waals surface area contributed by atoms with Gasteiger partial charge in [0.2, 0.25) is 5.91 Å². The summed E-state index contributed by atoms with van der Waals surface area (Å²) in [5.74, 6) is -0.0134. The van der Waals surface area contributed by atoms with Crippen molar-refractivity contribution in [3.05, 3.63) is 65.1 Å². The molecule has 144 valence electrons. The summed E-state index contributed by atoms with van der Waals surface area (Å²) >= 11 is 0. The number of nitrogens with one attached hydrogen (secondary N) is 1. The number of nitrogens with zero attached hydrogens (tertiary/aromatic N) is 3. The Kier molecular flexibility index (Phi) is 4.26. The molecule has 1 aliphatic heterocycles. The van der Waals surface area contributed by atoms with Crippen molar-refractivity contribution in [2.75, 3.05) is 11.9 Å². The van der Waals surface area contributed by atoms with Gasteiger partial charge in [0.25, 0.3) is 5.91 Å². The minimum atomic E-state index is -1.17. The molecule has 2 unspecified atom stereocenters. The molecular formula is C20H21N5O3. The molecule has 0 spiro atoms. The summed E-state index contributed by atoms with van der Waals surface area (Å²) in [4.78, 5) is 26.5. The predicted octanol–water partition coefficient (Wildman–Crippen LogP) is 1.64. The number of aryl methyl sites for hydroxylation is 1. The molecule has 0 fully saturated rings. The number of aromatic nitrogens is 3. The van der Waals surface area contributed by atoms with Gasteiger partial charge in [0.1, 0.15) is 11.2 Å². The number of hydrogen-bond acceptors (Lipinski definition) is 5. The van der Waals surface area contributed by atoms with E-state index >= 15 is 0 Å². The highest BCUT2D eigenvalue weighted by Crippen LogP contribution is 2.48. The number of benzene rings is 1. The Bertz CT molecular complexity index is 1010. The zero-order valence-corrected chi connectivity index (χ0v) is 15.7. The van der Waals surface area contributed by atoms with Crippen molar-refractivity contribution >= 4 is 17.6 Å². The molecule has 4 rings (SSSR count). The third-order valence-corrected chi connectivity index (χ3v) is 5.27. The van der Waals surface area contributed by atoms with Crippen LogP contribution in [0.5, 0.6) is 0 Å². The van der Waals surface area contributed by atoms with Crippen LogP contribution in [0.4, 0.5) is 5.82 Å². The second-order valence-corrected chi connectivity index (χ2v) is 7.21. The average molecular weight is 379 g/mol. The van der Waals surface area contributed by atoms with Crippen LogP contribution in [0.1, 0.15) is 24.8 Å². The summed E-state index contributed by atoms with van der Waals surface area (Å²) in [6.07, 6.45) is 3.45. The fourth-order valence-corrected chi connectivity index (χ4v) is 3.79. The maximum Gasteiger partial charge on any atom is 0.252 e. The van der Waals surface area contributed by atoms with Crippen molar-refractivity contribution < 1.29 is 14.3 Å². The molecular weight excluding hydrogens is 358 g/mol. The normalized spacial score (nSPS) is 23.6. The average Bonchev–Trinajstić information content (AvgIpc) is 3.28. The zero-order chi connectivity index (χ0) is 19.9. The van der Waals surface area contributed by atoms with Crippen LogP contribution in [-0.4, -0.2) is 33.4 Å². The quantitative estimate of drug-likeness (QED) is 0.839. The van der Waals surface area contributed by atoms with Crippen molar-refractivity contribution in [2.45, 2.75) is 19.3 Å². The number of hydrogen-bond donors (Lipinski definition) is 2. The molecule has 8 nitrogen and oxygen atoms in total. The highest BCUT2D eigenvalue weighted by Gasteiger charge is 2.46. The number of anilines is 1. The third kappa shape index (κ3) is 2.96. The Morgan fingerprint density at radius 2 is 2.07 bits per heavy atom. The van der Waals surface area contributed by atoms with Gasteiger partial charge in [0.05, 0.1) is 12.8 Å². The number of carbonyl (C=O) groups is 2. The maximum atomic E-state index is 12.8. The third-order valence-electron chi connectivity index (χ3n) is 5.27. The Hall–Kier alpha value is -3.42. The Morgan fingerprint density at radius 1 is 1.32 bits per heavy atom. The fourth-order valence-electron chi connectivity index (χ4n) is 3.79. The number of nitrogens with two attached hydrogens (primary N) is 1. The van der Waals surface area contributed by atoms with Gasteiger partial charge in [-0.05, 0) is 18.1 Å². The SMILES string of the molecule is Cn1ncc(NC(=O)C2=CC(C)(C(N)=O)C3=C(C2)C(c2ccccc2)CO3)n1. The molecule has 2 aromatic rings. The Balaban J connectivity index is 1.69. The van der Waals surface area contributed by atoms with Gasteiger partial charge < -0.3 is 15.8 Å². The molecule has 2 aliphatic rings. The highest BCUT2D eigenvalue weighted by molar-refractivity contribution is 6.05.